The molecule has 0 aliphatic carbocycles. The van der Waals surface area contributed by atoms with Crippen molar-refractivity contribution >= 4 is 6.21 Å². The molecule has 0 aromatic heterocycles. The first-order chi connectivity index (χ1) is 12.8. The van der Waals surface area contributed by atoms with Crippen LogP contribution in [0.2, 0.25) is 0 Å². The number of benzene rings is 3. The van der Waals surface area contributed by atoms with Gasteiger partial charge in [-0.3, -0.25) is 4.99 Å². The van der Waals surface area contributed by atoms with E-state index < -0.39 is 0 Å². The molecule has 0 bridgehead atoms. The van der Waals surface area contributed by atoms with Gasteiger partial charge in [0, 0.05) is 24.9 Å². The predicted octanol–water partition coefficient (Wildman–Crippen LogP) is 4.81. The zero-order valence-corrected chi connectivity index (χ0v) is 14.6. The van der Waals surface area contributed by atoms with Gasteiger partial charge in [-0.1, -0.05) is 91.0 Å². The molecule has 0 spiro atoms. The van der Waals surface area contributed by atoms with Crippen LogP contribution in [0.25, 0.3) is 0 Å². The molecular formula is C24H22N2. The summed E-state index contributed by atoms with van der Waals surface area (Å²) in [6.45, 7) is 0.557. The van der Waals surface area contributed by atoms with Crippen molar-refractivity contribution in [1.82, 2.24) is 0 Å². The molecule has 1 heterocycles. The fourth-order valence-corrected chi connectivity index (χ4v) is 3.87. The van der Waals surface area contributed by atoms with Crippen LogP contribution in [0.5, 0.6) is 0 Å². The molecule has 2 nitrogen and oxygen atoms in total. The first kappa shape index (κ1) is 16.5. The minimum absolute atomic E-state index is 0.115. The molecule has 1 aliphatic heterocycles. The van der Waals surface area contributed by atoms with Crippen LogP contribution in [0.3, 0.4) is 0 Å². The van der Waals surface area contributed by atoms with E-state index in [1.165, 1.54) is 16.7 Å². The van der Waals surface area contributed by atoms with E-state index in [0.717, 1.165) is 5.56 Å². The number of nitrogens with two attached hydrogens (primary N) is 1. The smallest absolute Gasteiger partial charge is 0.0517 e. The van der Waals surface area contributed by atoms with Crippen molar-refractivity contribution in [1.29, 1.82) is 0 Å². The van der Waals surface area contributed by atoms with Gasteiger partial charge in [-0.05, 0) is 22.3 Å². The van der Waals surface area contributed by atoms with Gasteiger partial charge in [-0.2, -0.15) is 0 Å². The first-order valence-electron chi connectivity index (χ1n) is 8.95. The summed E-state index contributed by atoms with van der Waals surface area (Å²) >= 11 is 0. The summed E-state index contributed by atoms with van der Waals surface area (Å²) in [5.74, 6) is 0.115. The number of hydrogen-bond acceptors (Lipinski definition) is 2. The van der Waals surface area contributed by atoms with Crippen molar-refractivity contribution in [2.24, 2.45) is 10.7 Å². The summed E-state index contributed by atoms with van der Waals surface area (Å²) < 4.78 is 0. The third kappa shape index (κ3) is 2.79. The number of nitrogens with zero attached hydrogens (tertiary/aromatic N) is 1. The van der Waals surface area contributed by atoms with Crippen molar-refractivity contribution < 1.29 is 0 Å². The summed E-state index contributed by atoms with van der Waals surface area (Å²) in [4.78, 5) is 4.49. The van der Waals surface area contributed by atoms with Crippen LogP contribution >= 0.6 is 0 Å². The molecule has 0 radical (unpaired) electrons. The van der Waals surface area contributed by atoms with Crippen LogP contribution in [0.4, 0.5) is 0 Å². The Bertz CT molecular complexity index is 870. The Labute approximate surface area is 154 Å². The van der Waals surface area contributed by atoms with E-state index in [1.807, 2.05) is 6.20 Å². The molecule has 26 heavy (non-hydrogen) atoms. The molecule has 0 fully saturated rings. The lowest BCUT2D eigenvalue weighted by atomic mass is 9.63. The maximum absolute atomic E-state index is 5.78. The summed E-state index contributed by atoms with van der Waals surface area (Å²) in [7, 11) is 0. The minimum atomic E-state index is -0.283. The van der Waals surface area contributed by atoms with Crippen LogP contribution in [0.15, 0.2) is 102 Å². The second kappa shape index (κ2) is 7.11. The van der Waals surface area contributed by atoms with Gasteiger partial charge in [0.1, 0.15) is 0 Å². The van der Waals surface area contributed by atoms with E-state index in [1.54, 1.807) is 0 Å². The lowest BCUT2D eigenvalue weighted by Gasteiger charge is -2.39. The van der Waals surface area contributed by atoms with Crippen molar-refractivity contribution in [3.05, 3.63) is 119 Å². The number of aliphatic imine (C=N–C) groups is 1. The van der Waals surface area contributed by atoms with Crippen LogP contribution in [-0.4, -0.2) is 6.21 Å². The van der Waals surface area contributed by atoms with Crippen LogP contribution in [0, 0.1) is 0 Å². The van der Waals surface area contributed by atoms with Crippen LogP contribution < -0.4 is 5.73 Å². The average Bonchev–Trinajstić information content (AvgIpc) is 2.75. The number of hydrogen-bond donors (Lipinski definition) is 1. The van der Waals surface area contributed by atoms with Gasteiger partial charge >= 0.3 is 0 Å². The fraction of sp³-hybridized carbons (Fsp3) is 0.125. The molecule has 2 heteroatoms. The van der Waals surface area contributed by atoms with E-state index in [0.29, 0.717) is 6.54 Å². The molecule has 4 rings (SSSR count). The van der Waals surface area contributed by atoms with E-state index in [9.17, 15) is 0 Å². The molecule has 1 atom stereocenters. The third-order valence-corrected chi connectivity index (χ3v) is 5.23. The predicted molar refractivity (Wildman–Crippen MR) is 108 cm³/mol. The summed E-state index contributed by atoms with van der Waals surface area (Å²) in [5, 5.41) is 0. The number of rotatable bonds is 4. The Morgan fingerprint density at radius 3 is 1.88 bits per heavy atom. The molecular weight excluding hydrogens is 316 g/mol. The van der Waals surface area contributed by atoms with Crippen LogP contribution in [0.1, 0.15) is 28.2 Å². The monoisotopic (exact) mass is 338 g/mol. The normalized spacial score (nSPS) is 18.0. The van der Waals surface area contributed by atoms with Crippen molar-refractivity contribution in [3.63, 3.8) is 0 Å². The summed E-state index contributed by atoms with van der Waals surface area (Å²) in [6, 6.07) is 30.0. The molecule has 1 aliphatic rings. The van der Waals surface area contributed by atoms with Gasteiger partial charge < -0.3 is 5.73 Å². The molecule has 128 valence electrons. The average molecular weight is 338 g/mol. The third-order valence-electron chi connectivity index (χ3n) is 5.23. The quantitative estimate of drug-likeness (QED) is 0.728. The Kier molecular flexibility index (Phi) is 4.51. The van der Waals surface area contributed by atoms with E-state index in [2.05, 4.69) is 102 Å². The molecule has 0 saturated heterocycles. The van der Waals surface area contributed by atoms with Crippen LogP contribution in [-0.2, 0) is 12.0 Å². The Hall–Kier alpha value is -2.97. The SMILES string of the molecule is NCc1ccc(C2C=NC=CC2(c2ccccc2)c2ccccc2)cc1. The molecule has 0 amide bonds. The minimum Gasteiger partial charge on any atom is -0.326 e. The highest BCUT2D eigenvalue weighted by Gasteiger charge is 2.41. The Balaban J connectivity index is 1.93. The molecule has 2 N–H and O–H groups in total. The topological polar surface area (TPSA) is 38.4 Å². The van der Waals surface area contributed by atoms with Gasteiger partial charge in [0.15, 0.2) is 0 Å². The summed E-state index contributed by atoms with van der Waals surface area (Å²) in [5.41, 5.74) is 10.4. The number of allylic oxidation sites excluding steroid dienone is 1. The zero-order chi connectivity index (χ0) is 17.8. The Morgan fingerprint density at radius 2 is 1.35 bits per heavy atom. The lowest BCUT2D eigenvalue weighted by molar-refractivity contribution is 0.594. The van der Waals surface area contributed by atoms with Gasteiger partial charge in [0.05, 0.1) is 5.41 Å². The second-order valence-corrected chi connectivity index (χ2v) is 6.64. The van der Waals surface area contributed by atoms with Crippen molar-refractivity contribution in [2.75, 3.05) is 0 Å². The maximum Gasteiger partial charge on any atom is 0.0517 e. The lowest BCUT2D eigenvalue weighted by Crippen LogP contribution is -2.35. The highest BCUT2D eigenvalue weighted by Crippen LogP contribution is 2.46. The molecule has 0 saturated carbocycles. The first-order valence-corrected chi connectivity index (χ1v) is 8.95. The summed E-state index contributed by atoms with van der Waals surface area (Å²) in [6.07, 6.45) is 6.22. The highest BCUT2D eigenvalue weighted by molar-refractivity contribution is 5.77. The van der Waals surface area contributed by atoms with E-state index >= 15 is 0 Å². The maximum atomic E-state index is 5.78. The van der Waals surface area contributed by atoms with E-state index in [4.69, 9.17) is 5.73 Å². The molecule has 3 aromatic carbocycles. The van der Waals surface area contributed by atoms with Crippen molar-refractivity contribution in [2.45, 2.75) is 17.9 Å². The van der Waals surface area contributed by atoms with Gasteiger partial charge in [-0.15, -0.1) is 0 Å². The molecule has 3 aromatic rings. The zero-order valence-electron chi connectivity index (χ0n) is 14.6. The fourth-order valence-electron chi connectivity index (χ4n) is 3.87. The van der Waals surface area contributed by atoms with Gasteiger partial charge in [0.2, 0.25) is 0 Å². The van der Waals surface area contributed by atoms with E-state index in [-0.39, 0.29) is 11.3 Å². The van der Waals surface area contributed by atoms with Gasteiger partial charge in [0.25, 0.3) is 0 Å². The highest BCUT2D eigenvalue weighted by atomic mass is 14.7. The van der Waals surface area contributed by atoms with Crippen molar-refractivity contribution in [3.8, 4) is 0 Å². The second-order valence-electron chi connectivity index (χ2n) is 6.64. The standard InChI is InChI=1S/C24H22N2/c25-17-19-11-13-20(14-12-19)23-18-26-16-15-24(23,21-7-3-1-4-8-21)22-9-5-2-6-10-22/h1-16,18,23H,17,25H2. The Morgan fingerprint density at radius 1 is 0.769 bits per heavy atom. The molecule has 1 unspecified atom stereocenters. The largest absolute Gasteiger partial charge is 0.326 e. The van der Waals surface area contributed by atoms with Gasteiger partial charge in [-0.25, -0.2) is 0 Å².